The standard InChI is InChI=1S/C13H20N2O2S/c1-3-11(14)8-18(17)9-13(16)15-12-7-5-4-6-10(12)2/h4-7,11H,3,8-9,14H2,1-2H3,(H,15,16). The van der Waals surface area contributed by atoms with Gasteiger partial charge in [-0.2, -0.15) is 0 Å². The lowest BCUT2D eigenvalue weighted by Gasteiger charge is -2.10. The Kier molecular flexibility index (Phi) is 6.01. The monoisotopic (exact) mass is 268 g/mol. The normalized spacial score (nSPS) is 13.9. The van der Waals surface area contributed by atoms with E-state index in [1.165, 1.54) is 0 Å². The van der Waals surface area contributed by atoms with E-state index in [1.807, 2.05) is 38.1 Å². The number of carbonyl (C=O) groups excluding carboxylic acids is 1. The Morgan fingerprint density at radius 2 is 2.11 bits per heavy atom. The van der Waals surface area contributed by atoms with Gasteiger partial charge in [-0.25, -0.2) is 0 Å². The fourth-order valence-corrected chi connectivity index (χ4v) is 2.66. The van der Waals surface area contributed by atoms with Crippen LogP contribution in [0.4, 0.5) is 5.69 Å². The number of amides is 1. The lowest BCUT2D eigenvalue weighted by molar-refractivity contribution is -0.113. The fourth-order valence-electron chi connectivity index (χ4n) is 1.46. The number of hydrogen-bond acceptors (Lipinski definition) is 3. The Morgan fingerprint density at radius 3 is 2.72 bits per heavy atom. The third kappa shape index (κ3) is 4.98. The average Bonchev–Trinajstić information content (AvgIpc) is 2.31. The number of hydrogen-bond donors (Lipinski definition) is 2. The van der Waals surface area contributed by atoms with Crippen LogP contribution in [0.2, 0.25) is 0 Å². The molecule has 0 aromatic heterocycles. The molecule has 3 N–H and O–H groups in total. The Morgan fingerprint density at radius 1 is 1.44 bits per heavy atom. The average molecular weight is 268 g/mol. The second-order valence-electron chi connectivity index (χ2n) is 4.28. The zero-order valence-electron chi connectivity index (χ0n) is 10.8. The van der Waals surface area contributed by atoms with Crippen molar-refractivity contribution in [2.75, 3.05) is 16.8 Å². The predicted molar refractivity (Wildman–Crippen MR) is 76.0 cm³/mol. The van der Waals surface area contributed by atoms with Crippen LogP contribution in [0.25, 0.3) is 0 Å². The van der Waals surface area contributed by atoms with Crippen LogP contribution in [0.5, 0.6) is 0 Å². The van der Waals surface area contributed by atoms with Crippen LogP contribution in [0, 0.1) is 6.92 Å². The van der Waals surface area contributed by atoms with Gasteiger partial charge in [0.2, 0.25) is 5.91 Å². The molecule has 2 atom stereocenters. The van der Waals surface area contributed by atoms with Gasteiger partial charge in [-0.3, -0.25) is 9.00 Å². The second-order valence-corrected chi connectivity index (χ2v) is 5.78. The van der Waals surface area contributed by atoms with Gasteiger partial charge in [-0.15, -0.1) is 0 Å². The van der Waals surface area contributed by atoms with Crippen molar-refractivity contribution in [3.8, 4) is 0 Å². The molecule has 0 spiro atoms. The van der Waals surface area contributed by atoms with Gasteiger partial charge in [0, 0.05) is 28.3 Å². The first kappa shape index (κ1) is 14.9. The minimum absolute atomic E-state index is 0.00202. The summed E-state index contributed by atoms with van der Waals surface area (Å²) in [5, 5.41) is 2.76. The molecule has 0 fully saturated rings. The number of aryl methyl sites for hydroxylation is 1. The van der Waals surface area contributed by atoms with Crippen LogP contribution in [0.15, 0.2) is 24.3 Å². The van der Waals surface area contributed by atoms with E-state index in [1.54, 1.807) is 0 Å². The van der Waals surface area contributed by atoms with Crippen molar-refractivity contribution in [2.45, 2.75) is 26.3 Å². The van der Waals surface area contributed by atoms with E-state index in [0.29, 0.717) is 5.75 Å². The Hall–Kier alpha value is -1.20. The lowest BCUT2D eigenvalue weighted by atomic mass is 10.2. The van der Waals surface area contributed by atoms with Gasteiger partial charge in [0.05, 0.1) is 0 Å². The maximum absolute atomic E-state index is 11.7. The molecule has 0 aliphatic rings. The van der Waals surface area contributed by atoms with Crippen molar-refractivity contribution >= 4 is 22.4 Å². The van der Waals surface area contributed by atoms with Crippen LogP contribution < -0.4 is 11.1 Å². The highest BCUT2D eigenvalue weighted by molar-refractivity contribution is 7.85. The first-order valence-electron chi connectivity index (χ1n) is 5.99. The molecule has 1 aromatic carbocycles. The summed E-state index contributed by atoms with van der Waals surface area (Å²) >= 11 is 0. The van der Waals surface area contributed by atoms with E-state index in [-0.39, 0.29) is 17.7 Å². The summed E-state index contributed by atoms with van der Waals surface area (Å²) < 4.78 is 11.7. The van der Waals surface area contributed by atoms with Crippen LogP contribution >= 0.6 is 0 Å². The topological polar surface area (TPSA) is 72.2 Å². The zero-order chi connectivity index (χ0) is 13.5. The summed E-state index contributed by atoms with van der Waals surface area (Å²) in [5.41, 5.74) is 7.45. The van der Waals surface area contributed by atoms with Crippen LogP contribution in [0.3, 0.4) is 0 Å². The number of rotatable bonds is 6. The molecular weight excluding hydrogens is 248 g/mol. The molecule has 0 radical (unpaired) electrons. The van der Waals surface area contributed by atoms with Gasteiger partial charge in [0.25, 0.3) is 0 Å². The number of benzene rings is 1. The van der Waals surface area contributed by atoms with Gasteiger partial charge in [0.15, 0.2) is 0 Å². The fraction of sp³-hybridized carbons (Fsp3) is 0.462. The molecule has 0 bridgehead atoms. The highest BCUT2D eigenvalue weighted by atomic mass is 32.2. The van der Waals surface area contributed by atoms with E-state index in [2.05, 4.69) is 5.32 Å². The minimum atomic E-state index is -1.20. The second kappa shape index (κ2) is 7.28. The van der Waals surface area contributed by atoms with Crippen molar-refractivity contribution in [3.05, 3.63) is 29.8 Å². The molecule has 18 heavy (non-hydrogen) atoms. The van der Waals surface area contributed by atoms with Gasteiger partial charge in [0.1, 0.15) is 5.75 Å². The molecule has 5 heteroatoms. The molecule has 1 aromatic rings. The molecule has 100 valence electrons. The van der Waals surface area contributed by atoms with Gasteiger partial charge >= 0.3 is 0 Å². The molecular formula is C13H20N2O2S. The van der Waals surface area contributed by atoms with E-state index >= 15 is 0 Å². The third-order valence-corrected chi connectivity index (χ3v) is 4.02. The Labute approximate surface area is 110 Å². The van der Waals surface area contributed by atoms with Crippen molar-refractivity contribution in [1.29, 1.82) is 0 Å². The number of anilines is 1. The molecule has 4 nitrogen and oxygen atoms in total. The smallest absolute Gasteiger partial charge is 0.236 e. The molecule has 0 saturated carbocycles. The third-order valence-electron chi connectivity index (χ3n) is 2.64. The predicted octanol–water partition coefficient (Wildman–Crippen LogP) is 1.42. The lowest BCUT2D eigenvalue weighted by Crippen LogP contribution is -2.30. The number of para-hydroxylation sites is 1. The summed E-state index contributed by atoms with van der Waals surface area (Å²) in [7, 11) is -1.20. The first-order valence-corrected chi connectivity index (χ1v) is 7.47. The summed E-state index contributed by atoms with van der Waals surface area (Å²) in [6, 6.07) is 7.40. The van der Waals surface area contributed by atoms with Crippen LogP contribution in [0.1, 0.15) is 18.9 Å². The van der Waals surface area contributed by atoms with Gasteiger partial charge in [-0.05, 0) is 25.0 Å². The summed E-state index contributed by atoms with van der Waals surface area (Å²) in [6.07, 6.45) is 0.769. The van der Waals surface area contributed by atoms with E-state index < -0.39 is 10.8 Å². The Bertz CT molecular complexity index is 435. The largest absolute Gasteiger partial charge is 0.327 e. The molecule has 0 aliphatic carbocycles. The van der Waals surface area contributed by atoms with Crippen molar-refractivity contribution in [1.82, 2.24) is 0 Å². The highest BCUT2D eigenvalue weighted by Gasteiger charge is 2.11. The van der Waals surface area contributed by atoms with Gasteiger partial charge < -0.3 is 11.1 Å². The summed E-state index contributed by atoms with van der Waals surface area (Å²) in [6.45, 7) is 3.86. The van der Waals surface area contributed by atoms with Gasteiger partial charge in [-0.1, -0.05) is 25.1 Å². The van der Waals surface area contributed by atoms with Crippen molar-refractivity contribution in [2.24, 2.45) is 5.73 Å². The first-order chi connectivity index (χ1) is 8.52. The van der Waals surface area contributed by atoms with Crippen molar-refractivity contribution in [3.63, 3.8) is 0 Å². The quantitative estimate of drug-likeness (QED) is 0.819. The molecule has 0 saturated heterocycles. The number of nitrogens with one attached hydrogen (secondary N) is 1. The zero-order valence-corrected chi connectivity index (χ0v) is 11.6. The number of carbonyl (C=O) groups is 1. The van der Waals surface area contributed by atoms with Crippen LogP contribution in [-0.4, -0.2) is 27.7 Å². The molecule has 0 heterocycles. The number of nitrogens with two attached hydrogens (primary N) is 1. The summed E-state index contributed by atoms with van der Waals surface area (Å²) in [4.78, 5) is 11.7. The molecule has 0 aliphatic heterocycles. The molecule has 1 rings (SSSR count). The maximum atomic E-state index is 11.7. The SMILES string of the molecule is CCC(N)CS(=O)CC(=O)Nc1ccccc1C. The molecule has 2 unspecified atom stereocenters. The molecule has 1 amide bonds. The van der Waals surface area contributed by atoms with Crippen molar-refractivity contribution < 1.29 is 9.00 Å². The minimum Gasteiger partial charge on any atom is -0.327 e. The Balaban J connectivity index is 2.47. The summed E-state index contributed by atoms with van der Waals surface area (Å²) in [5.74, 6) is 0.144. The highest BCUT2D eigenvalue weighted by Crippen LogP contribution is 2.12. The maximum Gasteiger partial charge on any atom is 0.236 e. The van der Waals surface area contributed by atoms with Crippen LogP contribution in [-0.2, 0) is 15.6 Å². The van der Waals surface area contributed by atoms with E-state index in [0.717, 1.165) is 17.7 Å². The van der Waals surface area contributed by atoms with E-state index in [4.69, 9.17) is 5.73 Å². The van der Waals surface area contributed by atoms with E-state index in [9.17, 15) is 9.00 Å².